The van der Waals surface area contributed by atoms with Crippen LogP contribution in [0.15, 0.2) is 0 Å². The maximum Gasteiger partial charge on any atom is 0.404 e. The SMILES string of the molecule is C[C@H](CC#N)CNC(=O)O. The Morgan fingerprint density at radius 3 is 2.90 bits per heavy atom. The molecule has 0 radical (unpaired) electrons. The van der Waals surface area contributed by atoms with Crippen LogP contribution in [0, 0.1) is 17.2 Å². The Kier molecular flexibility index (Phi) is 4.05. The summed E-state index contributed by atoms with van der Waals surface area (Å²) in [7, 11) is 0. The summed E-state index contributed by atoms with van der Waals surface area (Å²) in [6.45, 7) is 2.17. The maximum atomic E-state index is 9.91. The molecule has 0 spiro atoms. The molecule has 0 saturated heterocycles. The lowest BCUT2D eigenvalue weighted by Crippen LogP contribution is -2.26. The van der Waals surface area contributed by atoms with Gasteiger partial charge in [0.25, 0.3) is 0 Å². The van der Waals surface area contributed by atoms with Crippen molar-refractivity contribution in [1.82, 2.24) is 5.32 Å². The molecule has 2 N–H and O–H groups in total. The number of nitriles is 1. The van der Waals surface area contributed by atoms with Crippen LogP contribution in [0.1, 0.15) is 13.3 Å². The molecule has 1 atom stereocenters. The highest BCUT2D eigenvalue weighted by Crippen LogP contribution is 1.96. The molecule has 1 amide bonds. The summed E-state index contributed by atoms with van der Waals surface area (Å²) in [5.41, 5.74) is 0. The van der Waals surface area contributed by atoms with Crippen LogP contribution in [0.5, 0.6) is 0 Å². The lowest BCUT2D eigenvalue weighted by atomic mass is 10.1. The third-order valence-corrected chi connectivity index (χ3v) is 1.04. The number of hydrogen-bond acceptors (Lipinski definition) is 2. The third kappa shape index (κ3) is 4.91. The molecular formula is C6H10N2O2. The van der Waals surface area contributed by atoms with E-state index in [4.69, 9.17) is 10.4 Å². The molecular weight excluding hydrogens is 132 g/mol. The van der Waals surface area contributed by atoms with Gasteiger partial charge in [-0.05, 0) is 5.92 Å². The Balaban J connectivity index is 3.32. The van der Waals surface area contributed by atoms with E-state index in [1.54, 1.807) is 0 Å². The number of nitrogens with zero attached hydrogens (tertiary/aromatic N) is 1. The van der Waals surface area contributed by atoms with Crippen molar-refractivity contribution < 1.29 is 9.90 Å². The van der Waals surface area contributed by atoms with E-state index in [-0.39, 0.29) is 5.92 Å². The van der Waals surface area contributed by atoms with Crippen LogP contribution in [0.25, 0.3) is 0 Å². The van der Waals surface area contributed by atoms with Crippen LogP contribution < -0.4 is 5.32 Å². The molecule has 4 nitrogen and oxygen atoms in total. The van der Waals surface area contributed by atoms with E-state index in [0.29, 0.717) is 13.0 Å². The Morgan fingerprint density at radius 2 is 2.50 bits per heavy atom. The molecule has 4 heteroatoms. The van der Waals surface area contributed by atoms with Gasteiger partial charge in [-0.2, -0.15) is 5.26 Å². The first-order valence-corrected chi connectivity index (χ1v) is 3.00. The van der Waals surface area contributed by atoms with E-state index in [0.717, 1.165) is 0 Å². The lowest BCUT2D eigenvalue weighted by molar-refractivity contribution is 0.193. The summed E-state index contributed by atoms with van der Waals surface area (Å²) in [6, 6.07) is 1.96. The first kappa shape index (κ1) is 8.76. The van der Waals surface area contributed by atoms with Gasteiger partial charge in [0.1, 0.15) is 0 Å². The molecule has 0 bridgehead atoms. The van der Waals surface area contributed by atoms with Gasteiger partial charge in [0.15, 0.2) is 0 Å². The van der Waals surface area contributed by atoms with E-state index in [2.05, 4.69) is 5.32 Å². The highest BCUT2D eigenvalue weighted by atomic mass is 16.4. The summed E-state index contributed by atoms with van der Waals surface area (Å²) < 4.78 is 0. The Morgan fingerprint density at radius 1 is 1.90 bits per heavy atom. The monoisotopic (exact) mass is 142 g/mol. The Bertz CT molecular complexity index is 150. The molecule has 0 aromatic carbocycles. The van der Waals surface area contributed by atoms with E-state index >= 15 is 0 Å². The smallest absolute Gasteiger partial charge is 0.404 e. The van der Waals surface area contributed by atoms with Crippen molar-refractivity contribution in [2.45, 2.75) is 13.3 Å². The largest absolute Gasteiger partial charge is 0.465 e. The molecule has 0 aliphatic carbocycles. The quantitative estimate of drug-likeness (QED) is 0.612. The number of carboxylic acid groups (broad SMARTS) is 1. The summed E-state index contributed by atoms with van der Waals surface area (Å²) >= 11 is 0. The zero-order valence-corrected chi connectivity index (χ0v) is 5.79. The predicted octanol–water partition coefficient (Wildman–Crippen LogP) is 0.804. The number of hydrogen-bond donors (Lipinski definition) is 2. The van der Waals surface area contributed by atoms with Crippen LogP contribution in [-0.2, 0) is 0 Å². The van der Waals surface area contributed by atoms with Gasteiger partial charge >= 0.3 is 6.09 Å². The third-order valence-electron chi connectivity index (χ3n) is 1.04. The molecule has 0 unspecified atom stereocenters. The number of amides is 1. The number of rotatable bonds is 3. The normalized spacial score (nSPS) is 11.6. The second kappa shape index (κ2) is 4.62. The summed E-state index contributed by atoms with van der Waals surface area (Å²) in [6.07, 6.45) is -0.648. The van der Waals surface area contributed by atoms with Crippen LogP contribution >= 0.6 is 0 Å². The van der Waals surface area contributed by atoms with Crippen molar-refractivity contribution in [2.24, 2.45) is 5.92 Å². The molecule has 0 heterocycles. The molecule has 0 aliphatic heterocycles. The Labute approximate surface area is 59.5 Å². The van der Waals surface area contributed by atoms with Crippen LogP contribution in [-0.4, -0.2) is 17.7 Å². The highest BCUT2D eigenvalue weighted by molar-refractivity contribution is 5.64. The van der Waals surface area contributed by atoms with E-state index in [9.17, 15) is 4.79 Å². The van der Waals surface area contributed by atoms with E-state index in [1.165, 1.54) is 0 Å². The van der Waals surface area contributed by atoms with Gasteiger partial charge in [-0.15, -0.1) is 0 Å². The minimum absolute atomic E-state index is 0.0982. The van der Waals surface area contributed by atoms with Crippen LogP contribution in [0.4, 0.5) is 4.79 Å². The van der Waals surface area contributed by atoms with Gasteiger partial charge in [-0.3, -0.25) is 0 Å². The van der Waals surface area contributed by atoms with Crippen LogP contribution in [0.3, 0.4) is 0 Å². The molecule has 0 aliphatic rings. The number of nitrogens with one attached hydrogen (secondary N) is 1. The Hall–Kier alpha value is -1.24. The standard InChI is InChI=1S/C6H10N2O2/c1-5(2-3-7)4-8-6(9)10/h5,8H,2,4H2,1H3,(H,9,10)/t5-/m1/s1. The minimum atomic E-state index is -1.04. The maximum absolute atomic E-state index is 9.91. The van der Waals surface area contributed by atoms with E-state index < -0.39 is 6.09 Å². The summed E-state index contributed by atoms with van der Waals surface area (Å²) in [5.74, 6) is 0.0982. The molecule has 0 saturated carbocycles. The molecule has 0 aromatic heterocycles. The highest BCUT2D eigenvalue weighted by Gasteiger charge is 2.01. The fraction of sp³-hybridized carbons (Fsp3) is 0.667. The van der Waals surface area contributed by atoms with E-state index in [1.807, 2.05) is 13.0 Å². The van der Waals surface area contributed by atoms with Crippen molar-refractivity contribution in [3.05, 3.63) is 0 Å². The van der Waals surface area contributed by atoms with Crippen LogP contribution in [0.2, 0.25) is 0 Å². The molecule has 0 fully saturated rings. The first-order valence-electron chi connectivity index (χ1n) is 3.00. The second-order valence-electron chi connectivity index (χ2n) is 2.15. The average Bonchev–Trinajstić information content (AvgIpc) is 1.85. The van der Waals surface area contributed by atoms with Gasteiger partial charge in [0, 0.05) is 13.0 Å². The van der Waals surface area contributed by atoms with Gasteiger partial charge in [0.2, 0.25) is 0 Å². The van der Waals surface area contributed by atoms with Gasteiger partial charge in [-0.25, -0.2) is 4.79 Å². The zero-order valence-electron chi connectivity index (χ0n) is 5.79. The lowest BCUT2D eigenvalue weighted by Gasteiger charge is -2.04. The zero-order chi connectivity index (χ0) is 7.98. The van der Waals surface area contributed by atoms with Crippen molar-refractivity contribution in [3.8, 4) is 6.07 Å². The summed E-state index contributed by atoms with van der Waals surface area (Å²) in [4.78, 5) is 9.91. The van der Waals surface area contributed by atoms with Crippen molar-refractivity contribution >= 4 is 6.09 Å². The average molecular weight is 142 g/mol. The fourth-order valence-corrected chi connectivity index (χ4v) is 0.490. The van der Waals surface area contributed by atoms with Gasteiger partial charge in [0.05, 0.1) is 6.07 Å². The molecule has 56 valence electrons. The number of carbonyl (C=O) groups is 1. The molecule has 0 rings (SSSR count). The van der Waals surface area contributed by atoms with Gasteiger partial charge < -0.3 is 10.4 Å². The first-order chi connectivity index (χ1) is 4.66. The molecule has 10 heavy (non-hydrogen) atoms. The topological polar surface area (TPSA) is 73.1 Å². The molecule has 0 aromatic rings. The fourth-order valence-electron chi connectivity index (χ4n) is 0.490. The van der Waals surface area contributed by atoms with Crippen molar-refractivity contribution in [3.63, 3.8) is 0 Å². The van der Waals surface area contributed by atoms with Gasteiger partial charge in [-0.1, -0.05) is 6.92 Å². The summed E-state index contributed by atoms with van der Waals surface area (Å²) in [5, 5.41) is 18.5. The van der Waals surface area contributed by atoms with Crippen molar-refractivity contribution in [1.29, 1.82) is 5.26 Å². The van der Waals surface area contributed by atoms with Crippen molar-refractivity contribution in [2.75, 3.05) is 6.54 Å². The minimum Gasteiger partial charge on any atom is -0.465 e. The second-order valence-corrected chi connectivity index (χ2v) is 2.15. The predicted molar refractivity (Wildman–Crippen MR) is 35.4 cm³/mol.